The molecule has 0 fully saturated rings. The van der Waals surface area contributed by atoms with Gasteiger partial charge < -0.3 is 33.2 Å². The fourth-order valence-corrected chi connectivity index (χ4v) is 1.73. The Labute approximate surface area is 134 Å². The first-order valence-electron chi connectivity index (χ1n) is 7.43. The van der Waals surface area contributed by atoms with Gasteiger partial charge in [0, 0.05) is 0 Å². The van der Waals surface area contributed by atoms with E-state index in [-0.39, 0.29) is 19.6 Å². The molecule has 0 heterocycles. The number of hydrogen-bond acceptors (Lipinski definition) is 6. The summed E-state index contributed by atoms with van der Waals surface area (Å²) < 4.78 is 0. The Balaban J connectivity index is 4.44. The van der Waals surface area contributed by atoms with Gasteiger partial charge in [0.25, 0.3) is 0 Å². The molecule has 23 heavy (non-hydrogen) atoms. The van der Waals surface area contributed by atoms with E-state index in [4.69, 9.17) is 17.2 Å². The molecule has 0 aromatic rings. The first kappa shape index (κ1) is 20.8. The van der Waals surface area contributed by atoms with Gasteiger partial charge in [-0.15, -0.1) is 0 Å². The maximum absolute atomic E-state index is 12.0. The van der Waals surface area contributed by atoms with Crippen LogP contribution in [0.25, 0.3) is 0 Å². The first-order valence-corrected chi connectivity index (χ1v) is 7.43. The molecule has 0 rings (SSSR count). The van der Waals surface area contributed by atoms with E-state index in [1.165, 1.54) is 0 Å². The lowest BCUT2D eigenvalue weighted by atomic mass is 10.1. The van der Waals surface area contributed by atoms with Gasteiger partial charge in [0.2, 0.25) is 23.6 Å². The molecule has 132 valence electrons. The number of nitrogens with two attached hydrogens (primary N) is 3. The monoisotopic (exact) mass is 330 g/mol. The van der Waals surface area contributed by atoms with E-state index in [9.17, 15) is 19.2 Å². The predicted molar refractivity (Wildman–Crippen MR) is 83.7 cm³/mol. The summed E-state index contributed by atoms with van der Waals surface area (Å²) in [5.74, 6) is -2.18. The third-order valence-corrected chi connectivity index (χ3v) is 2.92. The summed E-state index contributed by atoms with van der Waals surface area (Å²) in [5.41, 5.74) is 15.5. The van der Waals surface area contributed by atoms with Crippen molar-refractivity contribution < 1.29 is 19.2 Å². The average molecular weight is 330 g/mol. The van der Waals surface area contributed by atoms with Crippen LogP contribution in [0.4, 0.5) is 0 Å². The van der Waals surface area contributed by atoms with Crippen LogP contribution in [0.3, 0.4) is 0 Å². The molecule has 0 aliphatic carbocycles. The SMILES string of the molecule is NCCCCCC(NC(=O)CNC(=O)CN)C(=O)NCC(N)=O. The Kier molecular flexibility index (Phi) is 11.2. The molecule has 0 aliphatic heterocycles. The number of amides is 4. The first-order chi connectivity index (χ1) is 10.9. The van der Waals surface area contributed by atoms with Crippen molar-refractivity contribution >= 4 is 23.6 Å². The van der Waals surface area contributed by atoms with Crippen LogP contribution >= 0.6 is 0 Å². The minimum Gasteiger partial charge on any atom is -0.368 e. The van der Waals surface area contributed by atoms with Crippen LogP contribution in [-0.4, -0.2) is 55.8 Å². The standard InChI is InChI=1S/C13H26N6O4/c14-5-3-1-2-4-9(13(23)18-7-10(16)20)19-12(22)8-17-11(21)6-15/h9H,1-8,14-15H2,(H2,16,20)(H,17,21)(H,18,23)(H,19,22). The molecule has 0 saturated heterocycles. The summed E-state index contributed by atoms with van der Waals surface area (Å²) in [7, 11) is 0. The Bertz CT molecular complexity index is 415. The van der Waals surface area contributed by atoms with E-state index >= 15 is 0 Å². The van der Waals surface area contributed by atoms with Crippen molar-refractivity contribution in [1.82, 2.24) is 16.0 Å². The van der Waals surface area contributed by atoms with Crippen molar-refractivity contribution in [2.24, 2.45) is 17.2 Å². The van der Waals surface area contributed by atoms with Gasteiger partial charge in [0.05, 0.1) is 19.6 Å². The molecule has 0 radical (unpaired) electrons. The topological polar surface area (TPSA) is 182 Å². The minimum absolute atomic E-state index is 0.227. The molecule has 10 heteroatoms. The molecule has 0 aromatic carbocycles. The highest BCUT2D eigenvalue weighted by Gasteiger charge is 2.20. The van der Waals surface area contributed by atoms with E-state index in [0.29, 0.717) is 19.4 Å². The number of rotatable bonds is 12. The predicted octanol–water partition coefficient (Wildman–Crippen LogP) is -3.33. The van der Waals surface area contributed by atoms with Crippen LogP contribution in [0.5, 0.6) is 0 Å². The molecular formula is C13H26N6O4. The maximum atomic E-state index is 12.0. The Hall–Kier alpha value is -2.20. The number of primary amides is 1. The summed E-state index contributed by atoms with van der Waals surface area (Å²) in [6, 6.07) is -0.811. The molecule has 0 bridgehead atoms. The van der Waals surface area contributed by atoms with Gasteiger partial charge in [0.15, 0.2) is 0 Å². The summed E-state index contributed by atoms with van der Waals surface area (Å²) in [4.78, 5) is 45.4. The molecule has 1 atom stereocenters. The van der Waals surface area contributed by atoms with Crippen LogP contribution in [0.1, 0.15) is 25.7 Å². The Morgan fingerprint density at radius 2 is 1.57 bits per heavy atom. The van der Waals surface area contributed by atoms with Crippen LogP contribution in [0.2, 0.25) is 0 Å². The Morgan fingerprint density at radius 1 is 0.870 bits per heavy atom. The molecule has 9 N–H and O–H groups in total. The number of nitrogens with one attached hydrogen (secondary N) is 3. The van der Waals surface area contributed by atoms with Gasteiger partial charge in [0.1, 0.15) is 6.04 Å². The largest absolute Gasteiger partial charge is 0.368 e. The van der Waals surface area contributed by atoms with Crippen molar-refractivity contribution in [2.75, 3.05) is 26.2 Å². The molecule has 0 saturated carbocycles. The third-order valence-electron chi connectivity index (χ3n) is 2.92. The van der Waals surface area contributed by atoms with Gasteiger partial charge in [-0.2, -0.15) is 0 Å². The molecule has 1 unspecified atom stereocenters. The van der Waals surface area contributed by atoms with Crippen molar-refractivity contribution in [3.8, 4) is 0 Å². The summed E-state index contributed by atoms with van der Waals surface area (Å²) in [6.45, 7) is -0.263. The van der Waals surface area contributed by atoms with Crippen molar-refractivity contribution in [3.63, 3.8) is 0 Å². The second-order valence-corrected chi connectivity index (χ2v) is 4.92. The fraction of sp³-hybridized carbons (Fsp3) is 0.692. The molecule has 4 amide bonds. The van der Waals surface area contributed by atoms with Crippen LogP contribution in [0.15, 0.2) is 0 Å². The van der Waals surface area contributed by atoms with Crippen LogP contribution in [-0.2, 0) is 19.2 Å². The number of hydrogen-bond donors (Lipinski definition) is 6. The smallest absolute Gasteiger partial charge is 0.243 e. The summed E-state index contributed by atoms with van der Waals surface area (Å²) >= 11 is 0. The van der Waals surface area contributed by atoms with E-state index in [1.807, 2.05) is 0 Å². The fourth-order valence-electron chi connectivity index (χ4n) is 1.73. The Morgan fingerprint density at radius 3 is 2.13 bits per heavy atom. The van der Waals surface area contributed by atoms with Gasteiger partial charge in [-0.05, 0) is 19.4 Å². The van der Waals surface area contributed by atoms with Gasteiger partial charge in [-0.25, -0.2) is 0 Å². The molecular weight excluding hydrogens is 304 g/mol. The molecule has 10 nitrogen and oxygen atoms in total. The van der Waals surface area contributed by atoms with Crippen molar-refractivity contribution in [3.05, 3.63) is 0 Å². The highest BCUT2D eigenvalue weighted by atomic mass is 16.2. The van der Waals surface area contributed by atoms with E-state index in [1.54, 1.807) is 0 Å². The highest BCUT2D eigenvalue weighted by molar-refractivity contribution is 5.91. The lowest BCUT2D eigenvalue weighted by molar-refractivity contribution is -0.130. The van der Waals surface area contributed by atoms with Gasteiger partial charge >= 0.3 is 0 Å². The normalized spacial score (nSPS) is 11.4. The zero-order valence-corrected chi connectivity index (χ0v) is 13.1. The number of unbranched alkanes of at least 4 members (excludes halogenated alkanes) is 2. The summed E-state index contributed by atoms with van der Waals surface area (Å²) in [6.07, 6.45) is 2.70. The number of carbonyl (C=O) groups excluding carboxylic acids is 4. The van der Waals surface area contributed by atoms with Gasteiger partial charge in [-0.3, -0.25) is 19.2 Å². The van der Waals surface area contributed by atoms with Crippen LogP contribution in [0, 0.1) is 0 Å². The quantitative estimate of drug-likeness (QED) is 0.203. The zero-order chi connectivity index (χ0) is 17.7. The van der Waals surface area contributed by atoms with Gasteiger partial charge in [-0.1, -0.05) is 12.8 Å². The van der Waals surface area contributed by atoms with E-state index < -0.39 is 29.7 Å². The third kappa shape index (κ3) is 11.1. The minimum atomic E-state index is -0.811. The van der Waals surface area contributed by atoms with Crippen molar-refractivity contribution in [2.45, 2.75) is 31.7 Å². The molecule has 0 aliphatic rings. The summed E-state index contributed by atoms with van der Waals surface area (Å²) in [5, 5.41) is 7.16. The van der Waals surface area contributed by atoms with Crippen LogP contribution < -0.4 is 33.2 Å². The average Bonchev–Trinajstić information content (AvgIpc) is 2.52. The second-order valence-electron chi connectivity index (χ2n) is 4.92. The van der Waals surface area contributed by atoms with E-state index in [0.717, 1.165) is 12.8 Å². The number of carbonyl (C=O) groups is 4. The molecule has 0 spiro atoms. The van der Waals surface area contributed by atoms with E-state index in [2.05, 4.69) is 16.0 Å². The zero-order valence-electron chi connectivity index (χ0n) is 13.1. The lowest BCUT2D eigenvalue weighted by Crippen LogP contribution is -2.51. The van der Waals surface area contributed by atoms with Crippen molar-refractivity contribution in [1.29, 1.82) is 0 Å². The molecule has 0 aromatic heterocycles. The second kappa shape index (κ2) is 12.4. The lowest BCUT2D eigenvalue weighted by Gasteiger charge is -2.18. The maximum Gasteiger partial charge on any atom is 0.243 e. The highest BCUT2D eigenvalue weighted by Crippen LogP contribution is 2.03.